The summed E-state index contributed by atoms with van der Waals surface area (Å²) in [5.74, 6) is -2.25. The van der Waals surface area contributed by atoms with Gasteiger partial charge in [0.15, 0.2) is 5.16 Å². The van der Waals surface area contributed by atoms with Crippen molar-refractivity contribution in [1.82, 2.24) is 19.7 Å². The van der Waals surface area contributed by atoms with Gasteiger partial charge in [-0.3, -0.25) is 4.79 Å². The quantitative estimate of drug-likeness (QED) is 0.563. The third-order valence-corrected chi connectivity index (χ3v) is 5.46. The molecule has 1 aliphatic heterocycles. The Bertz CT molecular complexity index is 900. The van der Waals surface area contributed by atoms with Crippen LogP contribution in [0.1, 0.15) is 17.0 Å². The van der Waals surface area contributed by atoms with Crippen LogP contribution in [0, 0.1) is 0 Å². The fourth-order valence-corrected chi connectivity index (χ4v) is 3.83. The summed E-state index contributed by atoms with van der Waals surface area (Å²) in [5.41, 5.74) is 1.87. The van der Waals surface area contributed by atoms with E-state index in [1.807, 2.05) is 24.3 Å². The molecule has 1 aliphatic rings. The fraction of sp³-hybridized carbons (Fsp3) is 0.412. The van der Waals surface area contributed by atoms with Crippen molar-refractivity contribution in [3.63, 3.8) is 0 Å². The number of amides is 1. The summed E-state index contributed by atoms with van der Waals surface area (Å²) in [4.78, 5) is 26.3. The predicted molar refractivity (Wildman–Crippen MR) is 93.2 cm³/mol. The summed E-state index contributed by atoms with van der Waals surface area (Å²) in [6.07, 6.45) is -4.31. The molecule has 1 unspecified atom stereocenters. The molecule has 0 radical (unpaired) electrons. The summed E-state index contributed by atoms with van der Waals surface area (Å²) in [6.45, 7) is 0.224. The molecule has 7 nitrogen and oxygen atoms in total. The van der Waals surface area contributed by atoms with Crippen LogP contribution in [0.25, 0.3) is 0 Å². The van der Waals surface area contributed by atoms with Crippen LogP contribution in [0.4, 0.5) is 13.2 Å². The topological polar surface area (TPSA) is 77.3 Å². The largest absolute Gasteiger partial charge is 0.467 e. The maximum atomic E-state index is 12.8. The van der Waals surface area contributed by atoms with E-state index >= 15 is 0 Å². The molecule has 0 aliphatic carbocycles. The van der Waals surface area contributed by atoms with Crippen molar-refractivity contribution in [2.75, 3.05) is 12.9 Å². The summed E-state index contributed by atoms with van der Waals surface area (Å²) in [6, 6.07) is 6.67. The molecular formula is C17H17F3N4O3S. The third kappa shape index (κ3) is 3.98. The van der Waals surface area contributed by atoms with Crippen LogP contribution in [-0.2, 0) is 40.5 Å². The van der Waals surface area contributed by atoms with Crippen LogP contribution in [0.5, 0.6) is 0 Å². The average molecular weight is 414 g/mol. The summed E-state index contributed by atoms with van der Waals surface area (Å²) in [7, 11) is 2.43. The molecule has 0 fully saturated rings. The van der Waals surface area contributed by atoms with E-state index in [0.717, 1.165) is 27.5 Å². The number of ether oxygens (including phenoxy) is 1. The van der Waals surface area contributed by atoms with Gasteiger partial charge in [-0.15, -0.1) is 10.2 Å². The number of hydrogen-bond donors (Lipinski definition) is 0. The standard InChI is InChI=1S/C17H17F3N4O3S/c1-23-15(17(18,19)20)21-22-16(23)28-9-13(25)24-8-11-6-4-3-5-10(11)7-12(24)14(26)27-2/h3-6,12H,7-9H2,1-2H3. The Morgan fingerprint density at radius 2 is 1.93 bits per heavy atom. The zero-order valence-electron chi connectivity index (χ0n) is 15.1. The Hall–Kier alpha value is -2.56. The molecule has 0 bridgehead atoms. The van der Waals surface area contributed by atoms with Gasteiger partial charge in [0, 0.05) is 20.0 Å². The van der Waals surface area contributed by atoms with Crippen molar-refractivity contribution in [1.29, 1.82) is 0 Å². The van der Waals surface area contributed by atoms with Crippen molar-refractivity contribution < 1.29 is 27.5 Å². The van der Waals surface area contributed by atoms with Crippen molar-refractivity contribution in [3.05, 3.63) is 41.2 Å². The Morgan fingerprint density at radius 1 is 1.25 bits per heavy atom. The summed E-state index contributed by atoms with van der Waals surface area (Å²) < 4.78 is 44.0. The second-order valence-corrected chi connectivity index (χ2v) is 7.13. The van der Waals surface area contributed by atoms with E-state index in [9.17, 15) is 22.8 Å². The first-order chi connectivity index (χ1) is 13.2. The Balaban J connectivity index is 1.75. The molecule has 2 aromatic rings. The lowest BCUT2D eigenvalue weighted by molar-refractivity contribution is -0.153. The van der Waals surface area contributed by atoms with Gasteiger partial charge in [-0.2, -0.15) is 13.2 Å². The van der Waals surface area contributed by atoms with Crippen LogP contribution in [-0.4, -0.2) is 50.4 Å². The minimum Gasteiger partial charge on any atom is -0.467 e. The van der Waals surface area contributed by atoms with E-state index in [1.165, 1.54) is 19.1 Å². The number of carbonyl (C=O) groups excluding carboxylic acids is 2. The average Bonchev–Trinajstić information content (AvgIpc) is 3.05. The lowest BCUT2D eigenvalue weighted by Crippen LogP contribution is -2.49. The van der Waals surface area contributed by atoms with Crippen LogP contribution < -0.4 is 0 Å². The first-order valence-electron chi connectivity index (χ1n) is 8.25. The number of esters is 1. The van der Waals surface area contributed by atoms with E-state index in [4.69, 9.17) is 4.74 Å². The Kier molecular flexibility index (Phi) is 5.64. The normalized spacial score (nSPS) is 16.6. The van der Waals surface area contributed by atoms with Crippen molar-refractivity contribution in [2.45, 2.75) is 30.3 Å². The number of halogens is 3. The Morgan fingerprint density at radius 3 is 2.54 bits per heavy atom. The number of aromatic nitrogens is 3. The van der Waals surface area contributed by atoms with E-state index in [1.54, 1.807) is 0 Å². The molecule has 1 aromatic carbocycles. The molecule has 0 spiro atoms. The number of alkyl halides is 3. The van der Waals surface area contributed by atoms with Gasteiger partial charge < -0.3 is 14.2 Å². The lowest BCUT2D eigenvalue weighted by Gasteiger charge is -2.35. The molecule has 0 saturated carbocycles. The summed E-state index contributed by atoms with van der Waals surface area (Å²) >= 11 is 0.834. The minimum absolute atomic E-state index is 0.0345. The maximum absolute atomic E-state index is 12.8. The SMILES string of the molecule is COC(=O)C1Cc2ccccc2CN1C(=O)CSc1nnc(C(F)(F)F)n1C. The van der Waals surface area contributed by atoms with Crippen molar-refractivity contribution in [2.24, 2.45) is 7.05 Å². The second-order valence-electron chi connectivity index (χ2n) is 6.19. The van der Waals surface area contributed by atoms with E-state index in [2.05, 4.69) is 10.2 Å². The first kappa shape index (κ1) is 20.2. The molecule has 1 amide bonds. The number of methoxy groups -OCH3 is 1. The number of hydrogen-bond acceptors (Lipinski definition) is 6. The number of carbonyl (C=O) groups is 2. The molecule has 0 saturated heterocycles. The predicted octanol–water partition coefficient (Wildman–Crippen LogP) is 2.05. The maximum Gasteiger partial charge on any atom is 0.451 e. The van der Waals surface area contributed by atoms with Crippen LogP contribution in [0.15, 0.2) is 29.4 Å². The van der Waals surface area contributed by atoms with Gasteiger partial charge in [-0.25, -0.2) is 4.79 Å². The third-order valence-electron chi connectivity index (χ3n) is 4.46. The van der Waals surface area contributed by atoms with E-state index in [-0.39, 0.29) is 17.5 Å². The highest BCUT2D eigenvalue weighted by molar-refractivity contribution is 7.99. The second kappa shape index (κ2) is 7.82. The Labute approximate surface area is 162 Å². The highest BCUT2D eigenvalue weighted by atomic mass is 32.2. The first-order valence-corrected chi connectivity index (χ1v) is 9.24. The fourth-order valence-electron chi connectivity index (χ4n) is 3.03. The molecule has 0 N–H and O–H groups in total. The van der Waals surface area contributed by atoms with Crippen LogP contribution >= 0.6 is 11.8 Å². The van der Waals surface area contributed by atoms with Gasteiger partial charge >= 0.3 is 12.1 Å². The molecule has 11 heteroatoms. The number of fused-ring (bicyclic) bond motifs is 1. The molecule has 3 rings (SSSR count). The monoisotopic (exact) mass is 414 g/mol. The van der Waals surface area contributed by atoms with Crippen molar-refractivity contribution in [3.8, 4) is 0 Å². The van der Waals surface area contributed by atoms with E-state index in [0.29, 0.717) is 6.42 Å². The van der Waals surface area contributed by atoms with Crippen LogP contribution in [0.3, 0.4) is 0 Å². The zero-order valence-corrected chi connectivity index (χ0v) is 15.9. The van der Waals surface area contributed by atoms with Gasteiger partial charge in [0.25, 0.3) is 0 Å². The van der Waals surface area contributed by atoms with Crippen LogP contribution in [0.2, 0.25) is 0 Å². The molecule has 28 heavy (non-hydrogen) atoms. The summed E-state index contributed by atoms with van der Waals surface area (Å²) in [5, 5.41) is 6.60. The van der Waals surface area contributed by atoms with E-state index < -0.39 is 29.9 Å². The highest BCUT2D eigenvalue weighted by Gasteiger charge is 2.38. The van der Waals surface area contributed by atoms with Crippen molar-refractivity contribution >= 4 is 23.6 Å². The number of thioether (sulfide) groups is 1. The van der Waals surface area contributed by atoms with Gasteiger partial charge in [0.1, 0.15) is 6.04 Å². The van der Waals surface area contributed by atoms with Gasteiger partial charge in [0.05, 0.1) is 12.9 Å². The molecule has 1 aromatic heterocycles. The van der Waals surface area contributed by atoms with Gasteiger partial charge in [-0.1, -0.05) is 36.0 Å². The molecule has 150 valence electrons. The number of rotatable bonds is 4. The number of benzene rings is 1. The van der Waals surface area contributed by atoms with Gasteiger partial charge in [-0.05, 0) is 11.1 Å². The van der Waals surface area contributed by atoms with Gasteiger partial charge in [0.2, 0.25) is 11.7 Å². The lowest BCUT2D eigenvalue weighted by atomic mass is 9.94. The smallest absolute Gasteiger partial charge is 0.451 e. The molecule has 2 heterocycles. The minimum atomic E-state index is -4.63. The number of nitrogens with zero attached hydrogens (tertiary/aromatic N) is 4. The zero-order chi connectivity index (χ0) is 20.5. The molecule has 1 atom stereocenters. The highest BCUT2D eigenvalue weighted by Crippen LogP contribution is 2.30. The molecular weight excluding hydrogens is 397 g/mol.